The number of pyridine rings is 1. The summed E-state index contributed by atoms with van der Waals surface area (Å²) >= 11 is 0. The van der Waals surface area contributed by atoms with E-state index in [-0.39, 0.29) is 11.7 Å². The molecule has 0 spiro atoms. The first kappa shape index (κ1) is 24.1. The summed E-state index contributed by atoms with van der Waals surface area (Å²) in [5.74, 6) is 5.91. The fraction of sp³-hybridized carbons (Fsp3) is 0.250. The quantitative estimate of drug-likeness (QED) is 0.453. The number of morpholine rings is 1. The minimum absolute atomic E-state index is 0.273. The van der Waals surface area contributed by atoms with Crippen molar-refractivity contribution in [1.29, 1.82) is 0 Å². The summed E-state index contributed by atoms with van der Waals surface area (Å²) in [7, 11) is 1.31. The molecule has 0 unspecified atom stereocenters. The van der Waals surface area contributed by atoms with E-state index in [9.17, 15) is 9.59 Å². The van der Waals surface area contributed by atoms with Gasteiger partial charge in [0.2, 0.25) is 5.91 Å². The van der Waals surface area contributed by atoms with Crippen molar-refractivity contribution in [2.45, 2.75) is 13.5 Å². The third-order valence-electron chi connectivity index (χ3n) is 5.55. The highest BCUT2D eigenvalue weighted by atomic mass is 16.5. The molecule has 0 aliphatic carbocycles. The molecular weight excluding hydrogens is 442 g/mol. The van der Waals surface area contributed by atoms with Crippen LogP contribution in [0.5, 0.6) is 0 Å². The molecule has 4 rings (SSSR count). The van der Waals surface area contributed by atoms with E-state index in [0.717, 1.165) is 49.5 Å². The Hall–Kier alpha value is -3.99. The molecule has 178 valence electrons. The van der Waals surface area contributed by atoms with Gasteiger partial charge in [-0.25, -0.2) is 9.78 Å². The van der Waals surface area contributed by atoms with Crippen LogP contribution >= 0.6 is 0 Å². The Bertz CT molecular complexity index is 1250. The number of nitrogens with zero attached hydrogens (tertiary/aromatic N) is 2. The van der Waals surface area contributed by atoms with Crippen molar-refractivity contribution in [3.05, 3.63) is 82.9 Å². The summed E-state index contributed by atoms with van der Waals surface area (Å²) in [5.41, 5.74) is 4.72. The Labute approximate surface area is 205 Å². The first-order valence-electron chi connectivity index (χ1n) is 11.4. The molecule has 0 radical (unpaired) electrons. The standard InChI is InChI=1S/C28H27N3O4/c1-20(32)29-27-18-25(28(33)34-2)17-26(30-27)24-11-9-22(10-12-24)4-3-21-5-7-23(8-6-21)19-31-13-15-35-16-14-31/h5-12,17-18H,13-16,19H2,1-2H3,(H,29,30,32). The predicted molar refractivity (Wildman–Crippen MR) is 134 cm³/mol. The normalized spacial score (nSPS) is 13.4. The van der Waals surface area contributed by atoms with Crippen molar-refractivity contribution in [3.8, 4) is 23.1 Å². The number of amides is 1. The fourth-order valence-corrected chi connectivity index (χ4v) is 3.74. The number of aromatic nitrogens is 1. The average molecular weight is 470 g/mol. The second kappa shape index (κ2) is 11.4. The molecule has 7 nitrogen and oxygen atoms in total. The summed E-state index contributed by atoms with van der Waals surface area (Å²) in [6.45, 7) is 5.84. The van der Waals surface area contributed by atoms with Gasteiger partial charge in [0.1, 0.15) is 5.82 Å². The zero-order valence-corrected chi connectivity index (χ0v) is 19.8. The number of anilines is 1. The lowest BCUT2D eigenvalue weighted by Gasteiger charge is -2.26. The van der Waals surface area contributed by atoms with E-state index in [4.69, 9.17) is 9.47 Å². The summed E-state index contributed by atoms with van der Waals surface area (Å²) in [5, 5.41) is 2.62. The number of carbonyl (C=O) groups is 2. The molecule has 1 fully saturated rings. The summed E-state index contributed by atoms with van der Waals surface area (Å²) in [6, 6.07) is 19.0. The van der Waals surface area contributed by atoms with E-state index >= 15 is 0 Å². The fourth-order valence-electron chi connectivity index (χ4n) is 3.74. The smallest absolute Gasteiger partial charge is 0.338 e. The van der Waals surface area contributed by atoms with Crippen LogP contribution in [0.3, 0.4) is 0 Å². The molecule has 2 aromatic carbocycles. The van der Waals surface area contributed by atoms with E-state index in [1.165, 1.54) is 25.7 Å². The maximum Gasteiger partial charge on any atom is 0.338 e. The van der Waals surface area contributed by atoms with Gasteiger partial charge in [-0.1, -0.05) is 36.1 Å². The van der Waals surface area contributed by atoms with E-state index in [2.05, 4.69) is 39.2 Å². The number of hydrogen-bond donors (Lipinski definition) is 1. The zero-order valence-electron chi connectivity index (χ0n) is 19.8. The van der Waals surface area contributed by atoms with Crippen LogP contribution in [0.2, 0.25) is 0 Å². The van der Waals surface area contributed by atoms with Gasteiger partial charge in [0.25, 0.3) is 0 Å². The number of methoxy groups -OCH3 is 1. The van der Waals surface area contributed by atoms with Crippen molar-refractivity contribution < 1.29 is 19.1 Å². The van der Waals surface area contributed by atoms with Crippen LogP contribution in [-0.2, 0) is 20.8 Å². The van der Waals surface area contributed by atoms with Crippen molar-refractivity contribution >= 4 is 17.7 Å². The molecule has 3 aromatic rings. The molecule has 1 N–H and O–H groups in total. The Morgan fingerprint density at radius 1 is 1.00 bits per heavy atom. The molecule has 1 aromatic heterocycles. The Kier molecular flexibility index (Phi) is 7.88. The highest BCUT2D eigenvalue weighted by molar-refractivity contribution is 5.94. The lowest BCUT2D eigenvalue weighted by Crippen LogP contribution is -2.35. The van der Waals surface area contributed by atoms with Crippen LogP contribution in [0.25, 0.3) is 11.3 Å². The van der Waals surface area contributed by atoms with Crippen molar-refractivity contribution in [1.82, 2.24) is 9.88 Å². The first-order chi connectivity index (χ1) is 17.0. The third kappa shape index (κ3) is 6.76. The van der Waals surface area contributed by atoms with E-state index < -0.39 is 5.97 Å². The van der Waals surface area contributed by atoms with Crippen molar-refractivity contribution in [2.24, 2.45) is 0 Å². The van der Waals surface area contributed by atoms with Crippen LogP contribution in [0.15, 0.2) is 60.7 Å². The largest absolute Gasteiger partial charge is 0.465 e. The van der Waals surface area contributed by atoms with Crippen LogP contribution in [0.4, 0.5) is 5.82 Å². The van der Waals surface area contributed by atoms with E-state index in [1.54, 1.807) is 6.07 Å². The van der Waals surface area contributed by atoms with Crippen LogP contribution in [0.1, 0.15) is 34.0 Å². The maximum atomic E-state index is 12.0. The lowest BCUT2D eigenvalue weighted by atomic mass is 10.1. The Morgan fingerprint density at radius 3 is 2.23 bits per heavy atom. The summed E-state index contributed by atoms with van der Waals surface area (Å²) < 4.78 is 10.2. The highest BCUT2D eigenvalue weighted by Crippen LogP contribution is 2.22. The van der Waals surface area contributed by atoms with Crippen LogP contribution < -0.4 is 5.32 Å². The SMILES string of the molecule is COC(=O)c1cc(NC(C)=O)nc(-c2ccc(C#Cc3ccc(CN4CCOCC4)cc3)cc2)c1. The van der Waals surface area contributed by atoms with Crippen molar-refractivity contribution in [2.75, 3.05) is 38.7 Å². The Balaban J connectivity index is 1.47. The van der Waals surface area contributed by atoms with E-state index in [1.807, 2.05) is 36.4 Å². The lowest BCUT2D eigenvalue weighted by molar-refractivity contribution is -0.114. The van der Waals surface area contributed by atoms with Gasteiger partial charge in [-0.3, -0.25) is 9.69 Å². The second-order valence-corrected chi connectivity index (χ2v) is 8.21. The molecule has 1 aliphatic rings. The number of ether oxygens (including phenoxy) is 2. The number of rotatable bonds is 5. The topological polar surface area (TPSA) is 80.8 Å². The van der Waals surface area contributed by atoms with E-state index in [0.29, 0.717) is 11.3 Å². The first-order valence-corrected chi connectivity index (χ1v) is 11.4. The van der Waals surface area contributed by atoms with Gasteiger partial charge in [-0.05, 0) is 42.0 Å². The Morgan fingerprint density at radius 2 is 1.63 bits per heavy atom. The van der Waals surface area contributed by atoms with Gasteiger partial charge < -0.3 is 14.8 Å². The molecule has 0 saturated carbocycles. The van der Waals surface area contributed by atoms with Gasteiger partial charge in [0.15, 0.2) is 0 Å². The number of hydrogen-bond acceptors (Lipinski definition) is 6. The molecule has 1 saturated heterocycles. The number of nitrogens with one attached hydrogen (secondary N) is 1. The zero-order chi connectivity index (χ0) is 24.6. The maximum absolute atomic E-state index is 12.0. The average Bonchev–Trinajstić information content (AvgIpc) is 2.88. The van der Waals surface area contributed by atoms with Crippen LogP contribution in [-0.4, -0.2) is 55.2 Å². The highest BCUT2D eigenvalue weighted by Gasteiger charge is 2.13. The molecule has 7 heteroatoms. The predicted octanol–water partition coefficient (Wildman–Crippen LogP) is 3.73. The van der Waals surface area contributed by atoms with Gasteiger partial charge >= 0.3 is 5.97 Å². The molecule has 1 amide bonds. The summed E-state index contributed by atoms with van der Waals surface area (Å²) in [6.07, 6.45) is 0. The number of carbonyl (C=O) groups excluding carboxylic acids is 2. The molecule has 0 atom stereocenters. The van der Waals surface area contributed by atoms with Gasteiger partial charge in [0.05, 0.1) is 31.6 Å². The van der Waals surface area contributed by atoms with Crippen LogP contribution in [0, 0.1) is 11.8 Å². The second-order valence-electron chi connectivity index (χ2n) is 8.21. The summed E-state index contributed by atoms with van der Waals surface area (Å²) in [4.78, 5) is 30.3. The molecule has 35 heavy (non-hydrogen) atoms. The van der Waals surface area contributed by atoms with Gasteiger partial charge in [-0.15, -0.1) is 0 Å². The van der Waals surface area contributed by atoms with Gasteiger partial charge in [0, 0.05) is 43.2 Å². The molecule has 1 aliphatic heterocycles. The minimum Gasteiger partial charge on any atom is -0.465 e. The van der Waals surface area contributed by atoms with Gasteiger partial charge in [-0.2, -0.15) is 0 Å². The monoisotopic (exact) mass is 469 g/mol. The molecule has 0 bridgehead atoms. The molecular formula is C28H27N3O4. The number of benzene rings is 2. The molecule has 2 heterocycles. The van der Waals surface area contributed by atoms with Crippen molar-refractivity contribution in [3.63, 3.8) is 0 Å². The number of esters is 1. The third-order valence-corrected chi connectivity index (χ3v) is 5.55. The minimum atomic E-state index is -0.501.